The van der Waals surface area contributed by atoms with Gasteiger partial charge in [-0.3, -0.25) is 0 Å². The third-order valence-electron chi connectivity index (χ3n) is 3.00. The van der Waals surface area contributed by atoms with E-state index in [1.54, 1.807) is 17.7 Å². The molecule has 7 heteroatoms. The zero-order valence-electron chi connectivity index (χ0n) is 10.5. The number of fused-ring (bicyclic) bond motifs is 1. The molecule has 5 nitrogen and oxygen atoms in total. The standard InChI is InChI=1S/C13H11N5S2/c1-2-4-10-9(3-1)11(15-7-14-10)19-13-18-17-12(20-13)16-8-5-6-8/h1-4,7-8H,5-6H2,(H,16,17). The summed E-state index contributed by atoms with van der Waals surface area (Å²) >= 11 is 3.11. The van der Waals surface area contributed by atoms with Crippen LogP contribution in [0.15, 0.2) is 40.0 Å². The van der Waals surface area contributed by atoms with Gasteiger partial charge in [-0.15, -0.1) is 10.2 Å². The number of benzene rings is 1. The van der Waals surface area contributed by atoms with Crippen LogP contribution in [-0.2, 0) is 0 Å². The van der Waals surface area contributed by atoms with Crippen molar-refractivity contribution in [1.29, 1.82) is 0 Å². The highest BCUT2D eigenvalue weighted by Gasteiger charge is 2.22. The molecule has 0 bridgehead atoms. The summed E-state index contributed by atoms with van der Waals surface area (Å²) in [5, 5.41) is 14.6. The Balaban J connectivity index is 1.61. The van der Waals surface area contributed by atoms with E-state index in [0.29, 0.717) is 6.04 Å². The van der Waals surface area contributed by atoms with Gasteiger partial charge in [0.1, 0.15) is 11.4 Å². The fourth-order valence-electron chi connectivity index (χ4n) is 1.86. The molecule has 1 aliphatic carbocycles. The maximum atomic E-state index is 4.36. The second-order valence-corrected chi connectivity index (χ2v) is 6.80. The number of hydrogen-bond donors (Lipinski definition) is 1. The lowest BCUT2D eigenvalue weighted by molar-refractivity contribution is 0.991. The molecule has 20 heavy (non-hydrogen) atoms. The fourth-order valence-corrected chi connectivity index (χ4v) is 3.68. The Morgan fingerprint density at radius 2 is 2.05 bits per heavy atom. The minimum Gasteiger partial charge on any atom is -0.357 e. The van der Waals surface area contributed by atoms with Crippen molar-refractivity contribution in [2.75, 3.05) is 5.32 Å². The van der Waals surface area contributed by atoms with E-state index in [0.717, 1.165) is 25.4 Å². The molecule has 1 fully saturated rings. The van der Waals surface area contributed by atoms with Crippen molar-refractivity contribution >= 4 is 39.1 Å². The van der Waals surface area contributed by atoms with E-state index in [1.807, 2.05) is 24.3 Å². The van der Waals surface area contributed by atoms with E-state index < -0.39 is 0 Å². The topological polar surface area (TPSA) is 63.6 Å². The monoisotopic (exact) mass is 301 g/mol. The van der Waals surface area contributed by atoms with Crippen LogP contribution in [0.4, 0.5) is 5.13 Å². The largest absolute Gasteiger partial charge is 0.357 e. The molecule has 1 saturated carbocycles. The van der Waals surface area contributed by atoms with Gasteiger partial charge < -0.3 is 5.32 Å². The summed E-state index contributed by atoms with van der Waals surface area (Å²) in [6.07, 6.45) is 4.06. The van der Waals surface area contributed by atoms with Gasteiger partial charge >= 0.3 is 0 Å². The molecule has 3 aromatic rings. The van der Waals surface area contributed by atoms with Crippen LogP contribution in [0, 0.1) is 0 Å². The quantitative estimate of drug-likeness (QED) is 0.747. The maximum Gasteiger partial charge on any atom is 0.206 e. The van der Waals surface area contributed by atoms with Crippen LogP contribution in [0.2, 0.25) is 0 Å². The number of nitrogens with one attached hydrogen (secondary N) is 1. The highest BCUT2D eigenvalue weighted by Crippen LogP contribution is 2.35. The molecule has 1 N–H and O–H groups in total. The molecule has 1 aromatic carbocycles. The Bertz CT molecular complexity index is 748. The van der Waals surface area contributed by atoms with E-state index in [2.05, 4.69) is 25.5 Å². The SMILES string of the molecule is c1ccc2c(Sc3nnc(NC4CC4)s3)ncnc2c1. The summed E-state index contributed by atoms with van der Waals surface area (Å²) in [6, 6.07) is 8.59. The minimum atomic E-state index is 0.598. The number of anilines is 1. The molecule has 0 aliphatic heterocycles. The van der Waals surface area contributed by atoms with Gasteiger partial charge in [0, 0.05) is 11.4 Å². The predicted molar refractivity (Wildman–Crippen MR) is 80.2 cm³/mol. The minimum absolute atomic E-state index is 0.598. The van der Waals surface area contributed by atoms with Crippen molar-refractivity contribution < 1.29 is 0 Å². The lowest BCUT2D eigenvalue weighted by Crippen LogP contribution is -1.99. The number of aromatic nitrogens is 4. The van der Waals surface area contributed by atoms with E-state index in [-0.39, 0.29) is 0 Å². The van der Waals surface area contributed by atoms with Gasteiger partial charge in [-0.2, -0.15) is 0 Å². The maximum absolute atomic E-state index is 4.36. The summed E-state index contributed by atoms with van der Waals surface area (Å²) in [5.74, 6) is 0. The second kappa shape index (κ2) is 4.99. The molecule has 0 spiro atoms. The first kappa shape index (κ1) is 12.0. The highest BCUT2D eigenvalue weighted by atomic mass is 32.2. The van der Waals surface area contributed by atoms with Crippen molar-refractivity contribution in [3.63, 3.8) is 0 Å². The number of rotatable bonds is 4. The van der Waals surface area contributed by atoms with Gasteiger partial charge in [-0.05, 0) is 30.7 Å². The number of para-hydroxylation sites is 1. The number of nitrogens with zero attached hydrogens (tertiary/aromatic N) is 4. The molecule has 0 amide bonds. The van der Waals surface area contributed by atoms with Gasteiger partial charge in [-0.1, -0.05) is 29.5 Å². The van der Waals surface area contributed by atoms with Crippen molar-refractivity contribution in [2.45, 2.75) is 28.2 Å². The van der Waals surface area contributed by atoms with Gasteiger partial charge in [0.25, 0.3) is 0 Å². The normalized spacial score (nSPS) is 14.6. The Hall–Kier alpha value is -1.73. The van der Waals surface area contributed by atoms with Crippen LogP contribution < -0.4 is 5.32 Å². The first-order valence-corrected chi connectivity index (χ1v) is 7.99. The third-order valence-corrected chi connectivity index (χ3v) is 4.93. The molecule has 0 saturated heterocycles. The molecule has 2 aromatic heterocycles. The highest BCUT2D eigenvalue weighted by molar-refractivity contribution is 8.01. The van der Waals surface area contributed by atoms with E-state index in [4.69, 9.17) is 0 Å². The van der Waals surface area contributed by atoms with Crippen molar-refractivity contribution in [3.05, 3.63) is 30.6 Å². The smallest absolute Gasteiger partial charge is 0.206 e. The zero-order valence-corrected chi connectivity index (χ0v) is 12.1. The average Bonchev–Trinajstić information content (AvgIpc) is 3.18. The lowest BCUT2D eigenvalue weighted by atomic mass is 10.2. The molecule has 1 aliphatic rings. The summed E-state index contributed by atoms with van der Waals surface area (Å²) in [4.78, 5) is 8.62. The second-order valence-electron chi connectivity index (χ2n) is 4.59. The summed E-state index contributed by atoms with van der Waals surface area (Å²) in [5.41, 5.74) is 0.950. The van der Waals surface area contributed by atoms with Gasteiger partial charge in [0.15, 0.2) is 4.34 Å². The molecule has 0 unspecified atom stereocenters. The van der Waals surface area contributed by atoms with Crippen LogP contribution in [0.5, 0.6) is 0 Å². The van der Waals surface area contributed by atoms with E-state index in [9.17, 15) is 0 Å². The van der Waals surface area contributed by atoms with Crippen LogP contribution in [0.1, 0.15) is 12.8 Å². The fraction of sp³-hybridized carbons (Fsp3) is 0.231. The van der Waals surface area contributed by atoms with Crippen molar-refractivity contribution in [2.24, 2.45) is 0 Å². The third kappa shape index (κ3) is 2.46. The molecule has 4 rings (SSSR count). The van der Waals surface area contributed by atoms with Gasteiger partial charge in [-0.25, -0.2) is 9.97 Å². The lowest BCUT2D eigenvalue weighted by Gasteiger charge is -2.01. The average molecular weight is 301 g/mol. The summed E-state index contributed by atoms with van der Waals surface area (Å²) in [7, 11) is 0. The zero-order chi connectivity index (χ0) is 13.4. The Kier molecular flexibility index (Phi) is 3.00. The van der Waals surface area contributed by atoms with E-state index in [1.165, 1.54) is 24.6 Å². The van der Waals surface area contributed by atoms with Crippen LogP contribution in [-0.4, -0.2) is 26.2 Å². The number of hydrogen-bond acceptors (Lipinski definition) is 7. The molecule has 100 valence electrons. The molecule has 2 heterocycles. The predicted octanol–water partition coefficient (Wildman–Crippen LogP) is 3.21. The van der Waals surface area contributed by atoms with Crippen LogP contribution >= 0.6 is 23.1 Å². The van der Waals surface area contributed by atoms with Gasteiger partial charge in [0.2, 0.25) is 5.13 Å². The Morgan fingerprint density at radius 3 is 2.95 bits per heavy atom. The molecular formula is C13H11N5S2. The Labute approximate surface area is 123 Å². The molecule has 0 radical (unpaired) electrons. The summed E-state index contributed by atoms with van der Waals surface area (Å²) < 4.78 is 0.900. The Morgan fingerprint density at radius 1 is 1.15 bits per heavy atom. The molecule has 0 atom stereocenters. The van der Waals surface area contributed by atoms with Crippen LogP contribution in [0.25, 0.3) is 10.9 Å². The first-order chi connectivity index (χ1) is 9.88. The molecular weight excluding hydrogens is 290 g/mol. The van der Waals surface area contributed by atoms with Crippen molar-refractivity contribution in [1.82, 2.24) is 20.2 Å². The van der Waals surface area contributed by atoms with Crippen molar-refractivity contribution in [3.8, 4) is 0 Å². The first-order valence-electron chi connectivity index (χ1n) is 6.36. The van der Waals surface area contributed by atoms with E-state index >= 15 is 0 Å². The van der Waals surface area contributed by atoms with Gasteiger partial charge in [0.05, 0.1) is 5.52 Å². The van der Waals surface area contributed by atoms with Crippen LogP contribution in [0.3, 0.4) is 0 Å². The summed E-state index contributed by atoms with van der Waals surface area (Å²) in [6.45, 7) is 0.